The average molecular weight is 486 g/mol. The molecule has 10 heteroatoms. The Bertz CT molecular complexity index is 1160. The summed E-state index contributed by atoms with van der Waals surface area (Å²) < 4.78 is 6.93. The van der Waals surface area contributed by atoms with Crippen molar-refractivity contribution in [1.29, 1.82) is 0 Å². The topological polar surface area (TPSA) is 98.1 Å². The monoisotopic (exact) mass is 485 g/mol. The first-order valence-corrected chi connectivity index (χ1v) is 11.4. The van der Waals surface area contributed by atoms with E-state index in [1.807, 2.05) is 13.0 Å². The van der Waals surface area contributed by atoms with Crippen molar-refractivity contribution in [2.75, 3.05) is 23.5 Å². The molecule has 1 aromatic heterocycles. The summed E-state index contributed by atoms with van der Waals surface area (Å²) in [5.41, 5.74) is 2.17. The number of methoxy groups -OCH3 is 1. The van der Waals surface area contributed by atoms with Crippen molar-refractivity contribution in [2.24, 2.45) is 0 Å². The molecule has 0 aliphatic carbocycles. The molecule has 0 aliphatic heterocycles. The van der Waals surface area contributed by atoms with Crippen LogP contribution in [0.25, 0.3) is 0 Å². The van der Waals surface area contributed by atoms with E-state index in [2.05, 4.69) is 27.4 Å². The lowest BCUT2D eigenvalue weighted by atomic mass is 10.2. The van der Waals surface area contributed by atoms with Gasteiger partial charge in [-0.2, -0.15) is 0 Å². The zero-order valence-corrected chi connectivity index (χ0v) is 19.9. The van der Waals surface area contributed by atoms with Crippen LogP contribution in [0.3, 0.4) is 0 Å². The number of carbonyl (C=O) groups excluding carboxylic acids is 2. The van der Waals surface area contributed by atoms with Crippen LogP contribution in [0.2, 0.25) is 5.02 Å². The van der Waals surface area contributed by atoms with E-state index in [0.29, 0.717) is 39.7 Å². The third kappa shape index (κ3) is 6.84. The van der Waals surface area contributed by atoms with Crippen LogP contribution >= 0.6 is 23.4 Å². The first-order valence-electron chi connectivity index (χ1n) is 10.0. The van der Waals surface area contributed by atoms with E-state index in [1.165, 1.54) is 11.8 Å². The Kier molecular flexibility index (Phi) is 8.51. The average Bonchev–Trinajstić information content (AvgIpc) is 3.16. The number of benzene rings is 2. The number of allylic oxidation sites excluding steroid dienone is 1. The third-order valence-corrected chi connectivity index (χ3v) is 5.94. The number of aryl methyl sites for hydroxylation is 1. The molecule has 0 radical (unpaired) electrons. The van der Waals surface area contributed by atoms with Gasteiger partial charge in [0.1, 0.15) is 11.6 Å². The number of anilines is 2. The highest BCUT2D eigenvalue weighted by Crippen LogP contribution is 2.22. The largest absolute Gasteiger partial charge is 0.497 e. The van der Waals surface area contributed by atoms with Crippen LogP contribution in [-0.2, 0) is 22.6 Å². The number of nitrogens with one attached hydrogen (secondary N) is 2. The summed E-state index contributed by atoms with van der Waals surface area (Å²) >= 11 is 7.35. The molecular weight excluding hydrogens is 462 g/mol. The quantitative estimate of drug-likeness (QED) is 0.327. The van der Waals surface area contributed by atoms with Gasteiger partial charge in [0.15, 0.2) is 5.16 Å². The van der Waals surface area contributed by atoms with Gasteiger partial charge in [0.05, 0.1) is 19.3 Å². The Morgan fingerprint density at radius 2 is 1.91 bits per heavy atom. The molecule has 3 aromatic rings. The highest BCUT2D eigenvalue weighted by atomic mass is 35.5. The Labute approximate surface area is 201 Å². The smallest absolute Gasteiger partial charge is 0.234 e. The summed E-state index contributed by atoms with van der Waals surface area (Å²) in [6.45, 7) is 6.06. The number of hydrogen-bond acceptors (Lipinski definition) is 6. The third-order valence-electron chi connectivity index (χ3n) is 4.57. The van der Waals surface area contributed by atoms with E-state index in [-0.39, 0.29) is 24.0 Å². The molecule has 3 rings (SSSR count). The van der Waals surface area contributed by atoms with Crippen LogP contribution in [0.15, 0.2) is 60.3 Å². The SMILES string of the molecule is C=CCn1c(CC(=O)Nc2ccc(C)c(Cl)c2)nnc1SCC(=O)Nc1cccc(OC)c1. The van der Waals surface area contributed by atoms with Gasteiger partial charge in [0.25, 0.3) is 0 Å². The van der Waals surface area contributed by atoms with Gasteiger partial charge in [-0.3, -0.25) is 9.59 Å². The van der Waals surface area contributed by atoms with Gasteiger partial charge in [-0.1, -0.05) is 41.6 Å². The number of nitrogens with zero attached hydrogens (tertiary/aromatic N) is 3. The fourth-order valence-electron chi connectivity index (χ4n) is 2.92. The highest BCUT2D eigenvalue weighted by molar-refractivity contribution is 7.99. The van der Waals surface area contributed by atoms with Crippen LogP contribution in [-0.4, -0.2) is 39.4 Å². The van der Waals surface area contributed by atoms with Crippen molar-refractivity contribution in [3.63, 3.8) is 0 Å². The summed E-state index contributed by atoms with van der Waals surface area (Å²) in [6, 6.07) is 12.4. The summed E-state index contributed by atoms with van der Waals surface area (Å²) in [5, 5.41) is 15.0. The van der Waals surface area contributed by atoms with Gasteiger partial charge in [0, 0.05) is 29.0 Å². The number of amides is 2. The molecule has 0 atom stereocenters. The number of aromatic nitrogens is 3. The van der Waals surface area contributed by atoms with Crippen LogP contribution in [0.5, 0.6) is 5.75 Å². The minimum atomic E-state index is -0.250. The van der Waals surface area contributed by atoms with Crippen molar-refractivity contribution < 1.29 is 14.3 Å². The van der Waals surface area contributed by atoms with Gasteiger partial charge >= 0.3 is 0 Å². The predicted octanol–water partition coefficient (Wildman–Crippen LogP) is 4.35. The normalized spacial score (nSPS) is 10.5. The Morgan fingerprint density at radius 3 is 2.64 bits per heavy atom. The lowest BCUT2D eigenvalue weighted by Crippen LogP contribution is -2.18. The number of hydrogen-bond donors (Lipinski definition) is 2. The molecular formula is C23H24ClN5O3S. The zero-order chi connectivity index (χ0) is 23.8. The predicted molar refractivity (Wildman–Crippen MR) is 131 cm³/mol. The Morgan fingerprint density at radius 1 is 1.15 bits per heavy atom. The molecule has 0 saturated carbocycles. The van der Waals surface area contributed by atoms with Crippen molar-refractivity contribution in [1.82, 2.24) is 14.8 Å². The van der Waals surface area contributed by atoms with Gasteiger partial charge in [-0.25, -0.2) is 0 Å². The summed E-state index contributed by atoms with van der Waals surface area (Å²) in [5.74, 6) is 0.806. The highest BCUT2D eigenvalue weighted by Gasteiger charge is 2.17. The number of rotatable bonds is 10. The molecule has 0 unspecified atom stereocenters. The second-order valence-corrected chi connectivity index (χ2v) is 8.41. The molecule has 0 aliphatic rings. The van der Waals surface area contributed by atoms with Crippen molar-refractivity contribution >= 4 is 46.6 Å². The standard InChI is InChI=1S/C23H24ClN5O3S/c1-4-10-29-20(13-21(30)25-17-9-8-15(2)19(24)12-17)27-28-23(29)33-14-22(31)26-16-6-5-7-18(11-16)32-3/h4-9,11-12H,1,10,13-14H2,2-3H3,(H,25,30)(H,26,31). The molecule has 172 valence electrons. The van der Waals surface area contributed by atoms with E-state index in [1.54, 1.807) is 54.2 Å². The fraction of sp³-hybridized carbons (Fsp3) is 0.217. The van der Waals surface area contributed by atoms with Crippen molar-refractivity contribution in [3.8, 4) is 5.75 Å². The maximum Gasteiger partial charge on any atom is 0.234 e. The molecule has 0 saturated heterocycles. The molecule has 2 amide bonds. The lowest BCUT2D eigenvalue weighted by Gasteiger charge is -2.09. The van der Waals surface area contributed by atoms with E-state index >= 15 is 0 Å². The molecule has 33 heavy (non-hydrogen) atoms. The summed E-state index contributed by atoms with van der Waals surface area (Å²) in [4.78, 5) is 24.9. The summed E-state index contributed by atoms with van der Waals surface area (Å²) in [6.07, 6.45) is 1.70. The minimum absolute atomic E-state index is 0.0168. The zero-order valence-electron chi connectivity index (χ0n) is 18.3. The van der Waals surface area contributed by atoms with Crippen LogP contribution in [0.4, 0.5) is 11.4 Å². The van der Waals surface area contributed by atoms with Crippen molar-refractivity contribution in [2.45, 2.75) is 25.0 Å². The number of thioether (sulfide) groups is 1. The minimum Gasteiger partial charge on any atom is -0.497 e. The van der Waals surface area contributed by atoms with Crippen molar-refractivity contribution in [3.05, 3.63) is 71.5 Å². The molecule has 0 bridgehead atoms. The maximum atomic E-state index is 12.5. The van der Waals surface area contributed by atoms with Gasteiger partial charge in [-0.05, 0) is 36.8 Å². The van der Waals surface area contributed by atoms with Gasteiger partial charge < -0.3 is 19.9 Å². The number of ether oxygens (including phenoxy) is 1. The lowest BCUT2D eigenvalue weighted by molar-refractivity contribution is -0.116. The number of carbonyl (C=O) groups is 2. The summed E-state index contributed by atoms with van der Waals surface area (Å²) in [7, 11) is 1.57. The van der Waals surface area contributed by atoms with E-state index in [4.69, 9.17) is 16.3 Å². The molecule has 1 heterocycles. The molecule has 0 spiro atoms. The number of halogens is 1. The Balaban J connectivity index is 1.62. The molecule has 2 N–H and O–H groups in total. The first-order chi connectivity index (χ1) is 15.9. The Hall–Kier alpha value is -3.30. The van der Waals surface area contributed by atoms with Crippen LogP contribution in [0.1, 0.15) is 11.4 Å². The van der Waals surface area contributed by atoms with Crippen LogP contribution in [0, 0.1) is 6.92 Å². The fourth-order valence-corrected chi connectivity index (χ4v) is 3.86. The second kappa shape index (κ2) is 11.5. The van der Waals surface area contributed by atoms with E-state index in [9.17, 15) is 9.59 Å². The first kappa shape index (κ1) is 24.3. The second-order valence-electron chi connectivity index (χ2n) is 7.06. The van der Waals surface area contributed by atoms with Crippen LogP contribution < -0.4 is 15.4 Å². The van der Waals surface area contributed by atoms with Gasteiger partial charge in [0.2, 0.25) is 11.8 Å². The van der Waals surface area contributed by atoms with Gasteiger partial charge in [-0.15, -0.1) is 16.8 Å². The van der Waals surface area contributed by atoms with E-state index in [0.717, 1.165) is 5.56 Å². The molecule has 8 nitrogen and oxygen atoms in total. The maximum absolute atomic E-state index is 12.5. The molecule has 0 fully saturated rings. The van der Waals surface area contributed by atoms with E-state index < -0.39 is 0 Å². The molecule has 2 aromatic carbocycles.